The molecule has 31 heavy (non-hydrogen) atoms. The lowest BCUT2D eigenvalue weighted by atomic mass is 10.2. The number of benzene rings is 2. The first-order valence-electron chi connectivity index (χ1n) is 9.13. The Balaban J connectivity index is 1.37. The smallest absolute Gasteiger partial charge is 0.255 e. The van der Waals surface area contributed by atoms with Crippen LogP contribution in [0.25, 0.3) is 9.88 Å². The van der Waals surface area contributed by atoms with Crippen molar-refractivity contribution in [1.29, 1.82) is 0 Å². The summed E-state index contributed by atoms with van der Waals surface area (Å²) in [5.41, 5.74) is 2.48. The quantitative estimate of drug-likeness (QED) is 0.264. The Morgan fingerprint density at radius 2 is 1.68 bits per heavy atom. The molecule has 5 nitrogen and oxygen atoms in total. The van der Waals surface area contributed by atoms with Crippen LogP contribution in [-0.4, -0.2) is 16.8 Å². The van der Waals surface area contributed by atoms with Crippen LogP contribution in [0, 0.1) is 0 Å². The number of nitrogens with one attached hydrogen (secondary N) is 2. The summed E-state index contributed by atoms with van der Waals surface area (Å²) in [6.07, 6.45) is 0.179. The molecule has 0 spiro atoms. The highest BCUT2D eigenvalue weighted by molar-refractivity contribution is 9.11. The molecule has 0 aliphatic carbocycles. The van der Waals surface area contributed by atoms with E-state index in [-0.39, 0.29) is 18.2 Å². The SMILES string of the molecule is O=C(Cc1csc(-c2ccc(Br)s2)n1)Nc1cccc(NC(=O)c2ccc(Br)cc2)c1. The number of aromatic nitrogens is 1. The van der Waals surface area contributed by atoms with Gasteiger partial charge in [-0.1, -0.05) is 22.0 Å². The van der Waals surface area contributed by atoms with Gasteiger partial charge in [0.25, 0.3) is 5.91 Å². The molecule has 0 bridgehead atoms. The third-order valence-corrected chi connectivity index (χ3v) is 7.40. The number of thiazole rings is 1. The largest absolute Gasteiger partial charge is 0.326 e. The van der Waals surface area contributed by atoms with Gasteiger partial charge in [0.05, 0.1) is 20.8 Å². The number of halogens is 2. The van der Waals surface area contributed by atoms with E-state index in [1.807, 2.05) is 29.6 Å². The minimum atomic E-state index is -0.216. The van der Waals surface area contributed by atoms with Crippen molar-refractivity contribution in [2.24, 2.45) is 0 Å². The average molecular weight is 577 g/mol. The normalized spacial score (nSPS) is 10.6. The van der Waals surface area contributed by atoms with E-state index in [1.54, 1.807) is 47.7 Å². The zero-order chi connectivity index (χ0) is 21.8. The molecule has 0 fully saturated rings. The van der Waals surface area contributed by atoms with E-state index in [9.17, 15) is 9.59 Å². The monoisotopic (exact) mass is 575 g/mol. The van der Waals surface area contributed by atoms with Crippen LogP contribution in [0.3, 0.4) is 0 Å². The van der Waals surface area contributed by atoms with E-state index in [0.29, 0.717) is 16.9 Å². The van der Waals surface area contributed by atoms with Gasteiger partial charge in [-0.3, -0.25) is 9.59 Å². The maximum Gasteiger partial charge on any atom is 0.255 e. The van der Waals surface area contributed by atoms with Crippen LogP contribution in [0.1, 0.15) is 16.1 Å². The van der Waals surface area contributed by atoms with E-state index in [1.165, 1.54) is 11.3 Å². The molecule has 0 saturated heterocycles. The molecule has 0 aliphatic rings. The van der Waals surface area contributed by atoms with Gasteiger partial charge >= 0.3 is 0 Å². The maximum absolute atomic E-state index is 12.5. The van der Waals surface area contributed by atoms with Crippen molar-refractivity contribution in [2.45, 2.75) is 6.42 Å². The number of hydrogen-bond acceptors (Lipinski definition) is 5. The van der Waals surface area contributed by atoms with Crippen molar-refractivity contribution >= 4 is 77.7 Å². The molecular weight excluding hydrogens is 562 g/mol. The van der Waals surface area contributed by atoms with Gasteiger partial charge in [-0.25, -0.2) is 4.98 Å². The van der Waals surface area contributed by atoms with Gasteiger partial charge in [-0.05, 0) is 70.5 Å². The number of nitrogens with zero attached hydrogens (tertiary/aromatic N) is 1. The molecule has 0 unspecified atom stereocenters. The fraction of sp³-hybridized carbons (Fsp3) is 0.0455. The van der Waals surface area contributed by atoms with Crippen molar-refractivity contribution in [2.75, 3.05) is 10.6 Å². The van der Waals surface area contributed by atoms with Crippen LogP contribution >= 0.6 is 54.5 Å². The second-order valence-corrected chi connectivity index (χ2v) is 10.8. The summed E-state index contributed by atoms with van der Waals surface area (Å²) >= 11 is 9.94. The number of rotatable bonds is 6. The van der Waals surface area contributed by atoms with Crippen molar-refractivity contribution in [1.82, 2.24) is 4.98 Å². The van der Waals surface area contributed by atoms with Crippen molar-refractivity contribution in [3.63, 3.8) is 0 Å². The van der Waals surface area contributed by atoms with Gasteiger partial charge in [0.15, 0.2) is 0 Å². The summed E-state index contributed by atoms with van der Waals surface area (Å²) in [4.78, 5) is 30.5. The van der Waals surface area contributed by atoms with E-state index in [2.05, 4.69) is 47.5 Å². The summed E-state index contributed by atoms with van der Waals surface area (Å²) in [6.45, 7) is 0. The fourth-order valence-electron chi connectivity index (χ4n) is 2.78. The van der Waals surface area contributed by atoms with Crippen LogP contribution in [0.15, 0.2) is 74.3 Å². The Morgan fingerprint density at radius 3 is 2.39 bits per heavy atom. The molecule has 0 atom stereocenters. The lowest BCUT2D eigenvalue weighted by Gasteiger charge is -2.09. The average Bonchev–Trinajstić information content (AvgIpc) is 3.37. The Labute approximate surface area is 203 Å². The van der Waals surface area contributed by atoms with Crippen molar-refractivity contribution < 1.29 is 9.59 Å². The van der Waals surface area contributed by atoms with Crippen molar-refractivity contribution in [3.05, 3.63) is 85.6 Å². The molecule has 2 N–H and O–H groups in total. The number of carbonyl (C=O) groups excluding carboxylic acids is 2. The Hall–Kier alpha value is -2.33. The summed E-state index contributed by atoms with van der Waals surface area (Å²) < 4.78 is 1.95. The maximum atomic E-state index is 12.5. The van der Waals surface area contributed by atoms with E-state index in [4.69, 9.17) is 0 Å². The Morgan fingerprint density at radius 1 is 0.935 bits per heavy atom. The third kappa shape index (κ3) is 5.88. The Kier molecular flexibility index (Phi) is 6.96. The molecule has 0 saturated carbocycles. The second kappa shape index (κ2) is 9.86. The van der Waals surface area contributed by atoms with Gasteiger partial charge < -0.3 is 10.6 Å². The fourth-order valence-corrected chi connectivity index (χ4v) is 5.32. The minimum absolute atomic E-state index is 0.166. The summed E-state index contributed by atoms with van der Waals surface area (Å²) in [5, 5.41) is 8.51. The first-order chi connectivity index (χ1) is 15.0. The topological polar surface area (TPSA) is 71.1 Å². The second-order valence-electron chi connectivity index (χ2n) is 6.51. The summed E-state index contributed by atoms with van der Waals surface area (Å²) in [7, 11) is 0. The number of amides is 2. The van der Waals surface area contributed by atoms with Crippen LogP contribution < -0.4 is 10.6 Å². The predicted octanol–water partition coefficient (Wildman–Crippen LogP) is 6.83. The molecular formula is C22H15Br2N3O2S2. The molecule has 2 amide bonds. The van der Waals surface area contributed by atoms with E-state index < -0.39 is 0 Å². The number of anilines is 2. The standard InChI is InChI=1S/C22H15Br2N3O2S2/c23-14-6-4-13(5-7-14)21(29)26-16-3-1-2-15(10-16)25-20(28)11-17-12-30-22(27-17)18-8-9-19(24)31-18/h1-10,12H,11H2,(H,25,28)(H,26,29). The van der Waals surface area contributed by atoms with Crippen LogP contribution in [0.2, 0.25) is 0 Å². The van der Waals surface area contributed by atoms with Gasteiger partial charge in [0, 0.05) is 26.8 Å². The molecule has 2 aromatic carbocycles. The number of hydrogen-bond donors (Lipinski definition) is 2. The first kappa shape index (κ1) is 21.9. The van der Waals surface area contributed by atoms with Gasteiger partial charge in [-0.15, -0.1) is 22.7 Å². The van der Waals surface area contributed by atoms with Crippen molar-refractivity contribution in [3.8, 4) is 9.88 Å². The highest BCUT2D eigenvalue weighted by Crippen LogP contribution is 2.33. The van der Waals surface area contributed by atoms with Gasteiger partial charge in [0.2, 0.25) is 5.91 Å². The van der Waals surface area contributed by atoms with Gasteiger partial charge in [0.1, 0.15) is 5.01 Å². The molecule has 4 aromatic rings. The molecule has 2 heterocycles. The number of thiophene rings is 1. The molecule has 9 heteroatoms. The zero-order valence-electron chi connectivity index (χ0n) is 15.9. The minimum Gasteiger partial charge on any atom is -0.326 e. The van der Waals surface area contributed by atoms with Crippen LogP contribution in [-0.2, 0) is 11.2 Å². The number of carbonyl (C=O) groups is 2. The predicted molar refractivity (Wildman–Crippen MR) is 134 cm³/mol. The summed E-state index contributed by atoms with van der Waals surface area (Å²) in [5.74, 6) is -0.383. The molecule has 0 radical (unpaired) electrons. The van der Waals surface area contributed by atoms with E-state index in [0.717, 1.165) is 23.8 Å². The van der Waals surface area contributed by atoms with Crippen LogP contribution in [0.5, 0.6) is 0 Å². The lowest BCUT2D eigenvalue weighted by molar-refractivity contribution is -0.115. The van der Waals surface area contributed by atoms with Gasteiger partial charge in [-0.2, -0.15) is 0 Å². The third-order valence-electron chi connectivity index (χ3n) is 4.19. The van der Waals surface area contributed by atoms with E-state index >= 15 is 0 Å². The summed E-state index contributed by atoms with van der Waals surface area (Å²) in [6, 6.07) is 18.2. The Bertz CT molecular complexity index is 1240. The molecule has 156 valence electrons. The highest BCUT2D eigenvalue weighted by atomic mass is 79.9. The van der Waals surface area contributed by atoms with Crippen LogP contribution in [0.4, 0.5) is 11.4 Å². The zero-order valence-corrected chi connectivity index (χ0v) is 20.7. The molecule has 2 aromatic heterocycles. The molecule has 0 aliphatic heterocycles. The highest BCUT2D eigenvalue weighted by Gasteiger charge is 2.12. The lowest BCUT2D eigenvalue weighted by Crippen LogP contribution is -2.15. The first-order valence-corrected chi connectivity index (χ1v) is 12.4. The molecule has 4 rings (SSSR count).